The summed E-state index contributed by atoms with van der Waals surface area (Å²) in [6.45, 7) is 5.07. The van der Waals surface area contributed by atoms with Crippen molar-refractivity contribution in [2.24, 2.45) is 5.92 Å². The first kappa shape index (κ1) is 21.1. The van der Waals surface area contributed by atoms with Gasteiger partial charge in [-0.2, -0.15) is 0 Å². The molecule has 0 bridgehead atoms. The molecule has 1 N–H and O–H groups in total. The zero-order valence-electron chi connectivity index (χ0n) is 17.0. The Hall–Kier alpha value is -2.58. The summed E-state index contributed by atoms with van der Waals surface area (Å²) < 4.78 is 36.7. The fraction of sp³-hybridized carbons (Fsp3) is 0.381. The molecule has 0 aliphatic carbocycles. The van der Waals surface area contributed by atoms with E-state index in [9.17, 15) is 13.2 Å². The Labute approximate surface area is 171 Å². The molecule has 0 radical (unpaired) electrons. The minimum Gasteiger partial charge on any atom is -0.486 e. The van der Waals surface area contributed by atoms with Crippen molar-refractivity contribution in [3.05, 3.63) is 53.6 Å². The van der Waals surface area contributed by atoms with Gasteiger partial charge >= 0.3 is 0 Å². The highest BCUT2D eigenvalue weighted by Crippen LogP contribution is 2.34. The number of nitrogens with one attached hydrogen (secondary N) is 1. The first-order chi connectivity index (χ1) is 13.7. The molecule has 0 fully saturated rings. The zero-order valence-corrected chi connectivity index (χ0v) is 17.8. The van der Waals surface area contributed by atoms with Crippen LogP contribution >= 0.6 is 0 Å². The fourth-order valence-electron chi connectivity index (χ4n) is 3.10. The third kappa shape index (κ3) is 4.54. The van der Waals surface area contributed by atoms with E-state index >= 15 is 0 Å². The number of hydrogen-bond donors (Lipinski definition) is 1. The van der Waals surface area contributed by atoms with Crippen molar-refractivity contribution in [2.45, 2.75) is 24.8 Å². The van der Waals surface area contributed by atoms with Crippen molar-refractivity contribution in [3.63, 3.8) is 0 Å². The van der Waals surface area contributed by atoms with Crippen molar-refractivity contribution in [3.8, 4) is 11.5 Å². The van der Waals surface area contributed by atoms with Crippen molar-refractivity contribution in [2.75, 3.05) is 27.3 Å². The molecule has 8 heteroatoms. The standard InChI is InChI=1S/C21H26N2O5S/c1-14(2)20(16-7-10-18-19(13-16)28-12-11-27-18)22-21(24)15-5-8-17(9-6-15)29(25,26)23(3)4/h5-10,13-14,20H,11-12H2,1-4H3,(H,22,24)/t20-/m0/s1. The lowest BCUT2D eigenvalue weighted by molar-refractivity contribution is 0.0925. The van der Waals surface area contributed by atoms with E-state index in [-0.39, 0.29) is 22.8 Å². The van der Waals surface area contributed by atoms with Crippen LogP contribution in [0.15, 0.2) is 47.4 Å². The van der Waals surface area contributed by atoms with Crippen molar-refractivity contribution >= 4 is 15.9 Å². The molecule has 0 unspecified atom stereocenters. The summed E-state index contributed by atoms with van der Waals surface area (Å²) in [5, 5.41) is 3.04. The van der Waals surface area contributed by atoms with Crippen LogP contribution in [-0.2, 0) is 10.0 Å². The highest BCUT2D eigenvalue weighted by atomic mass is 32.2. The Morgan fingerprint density at radius 2 is 1.62 bits per heavy atom. The maximum absolute atomic E-state index is 12.8. The van der Waals surface area contributed by atoms with Crippen molar-refractivity contribution < 1.29 is 22.7 Å². The van der Waals surface area contributed by atoms with Crippen LogP contribution in [0.2, 0.25) is 0 Å². The second-order valence-electron chi connectivity index (χ2n) is 7.41. The lowest BCUT2D eigenvalue weighted by atomic mass is 9.95. The monoisotopic (exact) mass is 418 g/mol. The molecular weight excluding hydrogens is 392 g/mol. The predicted octanol–water partition coefficient (Wildman–Crippen LogP) is 2.84. The van der Waals surface area contributed by atoms with Gasteiger partial charge in [-0.1, -0.05) is 19.9 Å². The van der Waals surface area contributed by atoms with E-state index in [0.717, 1.165) is 9.87 Å². The van der Waals surface area contributed by atoms with Gasteiger partial charge in [-0.15, -0.1) is 0 Å². The van der Waals surface area contributed by atoms with Crippen LogP contribution in [0, 0.1) is 5.92 Å². The average molecular weight is 419 g/mol. The van der Waals surface area contributed by atoms with Gasteiger partial charge in [-0.25, -0.2) is 12.7 Å². The predicted molar refractivity (Wildman–Crippen MR) is 110 cm³/mol. The number of ether oxygens (including phenoxy) is 2. The maximum Gasteiger partial charge on any atom is 0.251 e. The van der Waals surface area contributed by atoms with Crippen LogP contribution in [0.5, 0.6) is 11.5 Å². The lowest BCUT2D eigenvalue weighted by Crippen LogP contribution is -2.32. The molecule has 2 aromatic carbocycles. The van der Waals surface area contributed by atoms with E-state index in [4.69, 9.17) is 9.47 Å². The molecule has 0 aromatic heterocycles. The van der Waals surface area contributed by atoms with E-state index < -0.39 is 10.0 Å². The van der Waals surface area contributed by atoms with Gasteiger partial charge in [0.25, 0.3) is 5.91 Å². The van der Waals surface area contributed by atoms with Crippen LogP contribution < -0.4 is 14.8 Å². The van der Waals surface area contributed by atoms with Crippen LogP contribution in [0.25, 0.3) is 0 Å². The molecule has 0 spiro atoms. The molecule has 0 saturated heterocycles. The van der Waals surface area contributed by atoms with Gasteiger partial charge in [0.05, 0.1) is 10.9 Å². The molecule has 1 aliphatic rings. The minimum atomic E-state index is -3.53. The SMILES string of the molecule is CC(C)[C@H](NC(=O)c1ccc(S(=O)(=O)N(C)C)cc1)c1ccc2c(c1)OCCO2. The lowest BCUT2D eigenvalue weighted by Gasteiger charge is -2.25. The number of fused-ring (bicyclic) bond motifs is 1. The summed E-state index contributed by atoms with van der Waals surface area (Å²) in [5.41, 5.74) is 1.32. The zero-order chi connectivity index (χ0) is 21.2. The summed E-state index contributed by atoms with van der Waals surface area (Å²) in [5.74, 6) is 1.24. The van der Waals surface area contributed by atoms with E-state index in [1.165, 1.54) is 38.4 Å². The van der Waals surface area contributed by atoms with Gasteiger partial charge in [0.1, 0.15) is 13.2 Å². The number of sulfonamides is 1. The smallest absolute Gasteiger partial charge is 0.251 e. The molecule has 1 aliphatic heterocycles. The number of benzene rings is 2. The number of nitrogens with zero attached hydrogens (tertiary/aromatic N) is 1. The van der Waals surface area contributed by atoms with Gasteiger partial charge in [0.15, 0.2) is 11.5 Å². The Kier molecular flexibility index (Phi) is 6.14. The molecule has 1 atom stereocenters. The molecule has 3 rings (SSSR count). The Morgan fingerprint density at radius 1 is 1.00 bits per heavy atom. The van der Waals surface area contributed by atoms with Gasteiger partial charge in [0.2, 0.25) is 10.0 Å². The Bertz CT molecular complexity index is 985. The minimum absolute atomic E-state index is 0.134. The molecule has 156 valence electrons. The molecule has 1 heterocycles. The molecule has 2 aromatic rings. The second kappa shape index (κ2) is 8.42. The first-order valence-electron chi connectivity index (χ1n) is 9.43. The van der Waals surface area contributed by atoms with Gasteiger partial charge in [-0.3, -0.25) is 4.79 Å². The second-order valence-corrected chi connectivity index (χ2v) is 9.56. The molecule has 0 saturated carbocycles. The van der Waals surface area contributed by atoms with E-state index in [1.54, 1.807) is 0 Å². The fourth-order valence-corrected chi connectivity index (χ4v) is 4.00. The third-order valence-corrected chi connectivity index (χ3v) is 6.60. The van der Waals surface area contributed by atoms with Crippen LogP contribution in [0.4, 0.5) is 0 Å². The summed E-state index contributed by atoms with van der Waals surface area (Å²) in [6.07, 6.45) is 0. The topological polar surface area (TPSA) is 84.9 Å². The first-order valence-corrected chi connectivity index (χ1v) is 10.9. The summed E-state index contributed by atoms with van der Waals surface area (Å²) in [6, 6.07) is 11.4. The number of hydrogen-bond acceptors (Lipinski definition) is 5. The molecule has 7 nitrogen and oxygen atoms in total. The Balaban J connectivity index is 1.80. The van der Waals surface area contributed by atoms with Gasteiger partial charge in [0, 0.05) is 19.7 Å². The van der Waals surface area contributed by atoms with Crippen LogP contribution in [0.1, 0.15) is 35.8 Å². The Morgan fingerprint density at radius 3 is 2.21 bits per heavy atom. The molecule has 29 heavy (non-hydrogen) atoms. The number of rotatable bonds is 6. The maximum atomic E-state index is 12.8. The van der Waals surface area contributed by atoms with Crippen LogP contribution in [0.3, 0.4) is 0 Å². The number of carbonyl (C=O) groups is 1. The largest absolute Gasteiger partial charge is 0.486 e. The summed E-state index contributed by atoms with van der Waals surface area (Å²) in [7, 11) is -0.594. The van der Waals surface area contributed by atoms with Crippen LogP contribution in [-0.4, -0.2) is 45.9 Å². The van der Waals surface area contributed by atoms with E-state index in [1.807, 2.05) is 32.0 Å². The van der Waals surface area contributed by atoms with E-state index in [0.29, 0.717) is 30.3 Å². The van der Waals surface area contributed by atoms with Crippen molar-refractivity contribution in [1.82, 2.24) is 9.62 Å². The van der Waals surface area contributed by atoms with Gasteiger partial charge < -0.3 is 14.8 Å². The molecular formula is C21H26N2O5S. The quantitative estimate of drug-likeness (QED) is 0.780. The number of carbonyl (C=O) groups excluding carboxylic acids is 1. The number of amides is 1. The third-order valence-electron chi connectivity index (χ3n) is 4.77. The average Bonchev–Trinajstić information content (AvgIpc) is 2.71. The van der Waals surface area contributed by atoms with Gasteiger partial charge in [-0.05, 0) is 47.9 Å². The normalized spacial score (nSPS) is 14.7. The summed E-state index contributed by atoms with van der Waals surface area (Å²) in [4.78, 5) is 12.9. The van der Waals surface area contributed by atoms with E-state index in [2.05, 4.69) is 5.32 Å². The summed E-state index contributed by atoms with van der Waals surface area (Å²) >= 11 is 0. The van der Waals surface area contributed by atoms with Crippen molar-refractivity contribution in [1.29, 1.82) is 0 Å². The highest BCUT2D eigenvalue weighted by molar-refractivity contribution is 7.89. The molecule has 1 amide bonds. The highest BCUT2D eigenvalue weighted by Gasteiger charge is 2.23.